The topological polar surface area (TPSA) is 32.3 Å². The molecule has 11 heavy (non-hydrogen) atoms. The summed E-state index contributed by atoms with van der Waals surface area (Å²) in [7, 11) is 1.94. The van der Waals surface area contributed by atoms with E-state index in [0.717, 1.165) is 0 Å². The van der Waals surface area contributed by atoms with Crippen molar-refractivity contribution in [1.82, 2.24) is 5.32 Å². The monoisotopic (exact) mass is 157 g/mol. The van der Waals surface area contributed by atoms with Crippen molar-refractivity contribution < 1.29 is 5.11 Å². The van der Waals surface area contributed by atoms with Crippen LogP contribution >= 0.6 is 0 Å². The molecule has 1 fully saturated rings. The Kier molecular flexibility index (Phi) is 3.34. The predicted octanol–water partition coefficient (Wildman–Crippen LogP) is 1.15. The summed E-state index contributed by atoms with van der Waals surface area (Å²) in [4.78, 5) is 0. The molecule has 0 bridgehead atoms. The van der Waals surface area contributed by atoms with Gasteiger partial charge in [-0.2, -0.15) is 0 Å². The first kappa shape index (κ1) is 9.01. The molecule has 0 aromatic heterocycles. The van der Waals surface area contributed by atoms with Crippen LogP contribution in [0.2, 0.25) is 0 Å². The van der Waals surface area contributed by atoms with E-state index in [1.165, 1.54) is 25.7 Å². The lowest BCUT2D eigenvalue weighted by Gasteiger charge is -2.25. The van der Waals surface area contributed by atoms with E-state index < -0.39 is 0 Å². The van der Waals surface area contributed by atoms with E-state index in [9.17, 15) is 5.11 Å². The first-order valence-corrected chi connectivity index (χ1v) is 4.61. The fourth-order valence-electron chi connectivity index (χ4n) is 2.19. The first-order chi connectivity index (χ1) is 5.25. The van der Waals surface area contributed by atoms with Crippen LogP contribution in [0.15, 0.2) is 0 Å². The quantitative estimate of drug-likeness (QED) is 0.644. The van der Waals surface area contributed by atoms with Gasteiger partial charge >= 0.3 is 0 Å². The normalized spacial score (nSPS) is 25.4. The minimum Gasteiger partial charge on any atom is -0.392 e. The van der Waals surface area contributed by atoms with Crippen molar-refractivity contribution in [2.45, 2.75) is 44.8 Å². The van der Waals surface area contributed by atoms with Gasteiger partial charge in [0, 0.05) is 6.04 Å². The van der Waals surface area contributed by atoms with Gasteiger partial charge in [-0.05, 0) is 32.7 Å². The highest BCUT2D eigenvalue weighted by molar-refractivity contribution is 4.82. The van der Waals surface area contributed by atoms with E-state index in [4.69, 9.17) is 0 Å². The molecule has 2 N–H and O–H groups in total. The van der Waals surface area contributed by atoms with Crippen LogP contribution in [0.3, 0.4) is 0 Å². The Balaban J connectivity index is 2.40. The second kappa shape index (κ2) is 4.07. The Morgan fingerprint density at radius 2 is 1.91 bits per heavy atom. The van der Waals surface area contributed by atoms with Gasteiger partial charge in [-0.15, -0.1) is 0 Å². The maximum absolute atomic E-state index is 9.41. The fourth-order valence-corrected chi connectivity index (χ4v) is 2.19. The largest absolute Gasteiger partial charge is 0.392 e. The molecule has 0 saturated heterocycles. The Bertz CT molecular complexity index is 108. The van der Waals surface area contributed by atoms with Crippen molar-refractivity contribution >= 4 is 0 Å². The molecule has 0 radical (unpaired) electrons. The zero-order chi connectivity index (χ0) is 8.27. The van der Waals surface area contributed by atoms with E-state index in [1.54, 1.807) is 0 Å². The summed E-state index contributed by atoms with van der Waals surface area (Å²) in [6, 6.07) is 0.317. The van der Waals surface area contributed by atoms with Crippen molar-refractivity contribution in [3.8, 4) is 0 Å². The van der Waals surface area contributed by atoms with Gasteiger partial charge in [-0.1, -0.05) is 12.8 Å². The van der Waals surface area contributed by atoms with Gasteiger partial charge in [-0.25, -0.2) is 0 Å². The van der Waals surface area contributed by atoms with Crippen LogP contribution in [0.25, 0.3) is 0 Å². The van der Waals surface area contributed by atoms with Gasteiger partial charge in [-0.3, -0.25) is 0 Å². The lowest BCUT2D eigenvalue weighted by Crippen LogP contribution is -2.41. The second-order valence-electron chi connectivity index (χ2n) is 3.60. The van der Waals surface area contributed by atoms with Gasteiger partial charge in [0.2, 0.25) is 0 Å². The smallest absolute Gasteiger partial charge is 0.0667 e. The molecule has 1 saturated carbocycles. The van der Waals surface area contributed by atoms with Gasteiger partial charge in [0.1, 0.15) is 0 Å². The van der Waals surface area contributed by atoms with Gasteiger partial charge in [0.15, 0.2) is 0 Å². The Morgan fingerprint density at radius 1 is 1.36 bits per heavy atom. The highest BCUT2D eigenvalue weighted by atomic mass is 16.3. The summed E-state index contributed by atoms with van der Waals surface area (Å²) in [5.41, 5.74) is 0. The maximum atomic E-state index is 9.41. The standard InChI is InChI=1S/C9H19NO/c1-7(11)9(10-2)8-5-3-4-6-8/h7-11H,3-6H2,1-2H3/t7?,9-/m1/s1. The third-order valence-corrected chi connectivity index (χ3v) is 2.76. The van der Waals surface area contributed by atoms with Crippen LogP contribution in [0.5, 0.6) is 0 Å². The zero-order valence-electron chi connectivity index (χ0n) is 7.51. The van der Waals surface area contributed by atoms with Crippen LogP contribution in [0, 0.1) is 5.92 Å². The summed E-state index contributed by atoms with van der Waals surface area (Å²) in [5, 5.41) is 12.6. The summed E-state index contributed by atoms with van der Waals surface area (Å²) >= 11 is 0. The van der Waals surface area contributed by atoms with Gasteiger partial charge in [0.05, 0.1) is 6.10 Å². The molecule has 66 valence electrons. The minimum atomic E-state index is -0.205. The molecule has 1 rings (SSSR count). The molecule has 2 heteroatoms. The summed E-state index contributed by atoms with van der Waals surface area (Å²) in [6.07, 6.45) is 5.06. The van der Waals surface area contributed by atoms with Crippen molar-refractivity contribution in [3.05, 3.63) is 0 Å². The fraction of sp³-hybridized carbons (Fsp3) is 1.00. The van der Waals surface area contributed by atoms with E-state index in [-0.39, 0.29) is 6.10 Å². The number of hydrogen-bond donors (Lipinski definition) is 2. The zero-order valence-corrected chi connectivity index (χ0v) is 7.51. The summed E-state index contributed by atoms with van der Waals surface area (Å²) < 4.78 is 0. The summed E-state index contributed by atoms with van der Waals surface area (Å²) in [6.45, 7) is 1.87. The van der Waals surface area contributed by atoms with Crippen LogP contribution in [-0.4, -0.2) is 24.3 Å². The van der Waals surface area contributed by atoms with E-state index in [1.807, 2.05) is 14.0 Å². The highest BCUT2D eigenvalue weighted by Crippen LogP contribution is 2.28. The van der Waals surface area contributed by atoms with Crippen molar-refractivity contribution in [3.63, 3.8) is 0 Å². The highest BCUT2D eigenvalue weighted by Gasteiger charge is 2.26. The number of rotatable bonds is 3. The number of aliphatic hydroxyl groups excluding tert-OH is 1. The molecule has 0 heterocycles. The third-order valence-electron chi connectivity index (χ3n) is 2.76. The van der Waals surface area contributed by atoms with Crippen LogP contribution < -0.4 is 5.32 Å². The Labute approximate surface area is 69.0 Å². The Hall–Kier alpha value is -0.0800. The van der Waals surface area contributed by atoms with E-state index in [0.29, 0.717) is 12.0 Å². The molecule has 0 aromatic rings. The third kappa shape index (κ3) is 2.17. The molecule has 1 aliphatic carbocycles. The number of likely N-dealkylation sites (N-methyl/N-ethyl adjacent to an activating group) is 1. The molecular formula is C9H19NO. The summed E-state index contributed by atoms with van der Waals surface area (Å²) in [5.74, 6) is 0.708. The molecule has 0 spiro atoms. The molecule has 2 nitrogen and oxygen atoms in total. The first-order valence-electron chi connectivity index (χ1n) is 4.61. The van der Waals surface area contributed by atoms with Crippen molar-refractivity contribution in [1.29, 1.82) is 0 Å². The van der Waals surface area contributed by atoms with Crippen molar-refractivity contribution in [2.75, 3.05) is 7.05 Å². The lowest BCUT2D eigenvalue weighted by atomic mass is 9.94. The maximum Gasteiger partial charge on any atom is 0.0667 e. The minimum absolute atomic E-state index is 0.205. The second-order valence-corrected chi connectivity index (χ2v) is 3.60. The van der Waals surface area contributed by atoms with Crippen LogP contribution in [-0.2, 0) is 0 Å². The van der Waals surface area contributed by atoms with Crippen LogP contribution in [0.1, 0.15) is 32.6 Å². The number of nitrogens with one attached hydrogen (secondary N) is 1. The molecule has 2 atom stereocenters. The van der Waals surface area contributed by atoms with E-state index >= 15 is 0 Å². The number of hydrogen-bond acceptors (Lipinski definition) is 2. The molecule has 0 aromatic carbocycles. The molecular weight excluding hydrogens is 138 g/mol. The lowest BCUT2D eigenvalue weighted by molar-refractivity contribution is 0.118. The average molecular weight is 157 g/mol. The van der Waals surface area contributed by atoms with Crippen LogP contribution in [0.4, 0.5) is 0 Å². The van der Waals surface area contributed by atoms with Crippen molar-refractivity contribution in [2.24, 2.45) is 5.92 Å². The van der Waals surface area contributed by atoms with Gasteiger partial charge < -0.3 is 10.4 Å². The molecule has 0 aliphatic heterocycles. The number of aliphatic hydroxyl groups is 1. The molecule has 1 unspecified atom stereocenters. The SMILES string of the molecule is CN[C@H](C(C)O)C1CCCC1. The molecule has 0 amide bonds. The predicted molar refractivity (Wildman–Crippen MR) is 46.5 cm³/mol. The molecule has 1 aliphatic rings. The van der Waals surface area contributed by atoms with E-state index in [2.05, 4.69) is 5.32 Å². The van der Waals surface area contributed by atoms with Gasteiger partial charge in [0.25, 0.3) is 0 Å². The average Bonchev–Trinajstić information content (AvgIpc) is 2.40. The Morgan fingerprint density at radius 3 is 2.27 bits per heavy atom.